The number of ether oxygens (including phenoxy) is 1. The van der Waals surface area contributed by atoms with Gasteiger partial charge in [-0.3, -0.25) is 9.59 Å². The van der Waals surface area contributed by atoms with E-state index in [4.69, 9.17) is 9.15 Å². The Morgan fingerprint density at radius 1 is 1.18 bits per heavy atom. The van der Waals surface area contributed by atoms with Crippen molar-refractivity contribution in [3.8, 4) is 5.75 Å². The summed E-state index contributed by atoms with van der Waals surface area (Å²) >= 11 is 0. The minimum atomic E-state index is -4.47. The zero-order valence-corrected chi connectivity index (χ0v) is 14.9. The Morgan fingerprint density at radius 3 is 2.57 bits per heavy atom. The van der Waals surface area contributed by atoms with Gasteiger partial charge in [-0.2, -0.15) is 13.2 Å². The van der Waals surface area contributed by atoms with E-state index in [1.807, 2.05) is 0 Å². The highest BCUT2D eigenvalue weighted by molar-refractivity contribution is 5.91. The molecule has 0 atom stereocenters. The minimum Gasteiger partial charge on any atom is -0.484 e. The summed E-state index contributed by atoms with van der Waals surface area (Å²) < 4.78 is 48.3. The van der Waals surface area contributed by atoms with Gasteiger partial charge in [0, 0.05) is 19.1 Å². The van der Waals surface area contributed by atoms with Crippen molar-refractivity contribution in [3.05, 3.63) is 54.0 Å². The van der Waals surface area contributed by atoms with E-state index in [1.165, 1.54) is 18.4 Å². The van der Waals surface area contributed by atoms with Gasteiger partial charge in [0.15, 0.2) is 12.4 Å². The fraction of sp³-hybridized carbons (Fsp3) is 0.368. The predicted molar refractivity (Wildman–Crippen MR) is 92.7 cm³/mol. The van der Waals surface area contributed by atoms with Crippen molar-refractivity contribution in [1.29, 1.82) is 0 Å². The molecule has 0 radical (unpaired) electrons. The van der Waals surface area contributed by atoms with Crippen LogP contribution in [-0.2, 0) is 11.0 Å². The van der Waals surface area contributed by atoms with Crippen molar-refractivity contribution in [1.82, 2.24) is 10.2 Å². The summed E-state index contributed by atoms with van der Waals surface area (Å²) in [6, 6.07) is 7.49. The number of carbonyl (C=O) groups excluding carboxylic acids is 2. The molecule has 0 bridgehead atoms. The number of carbonyl (C=O) groups is 2. The molecule has 1 aromatic carbocycles. The number of amides is 2. The first-order valence-corrected chi connectivity index (χ1v) is 8.75. The maximum Gasteiger partial charge on any atom is 0.416 e. The van der Waals surface area contributed by atoms with E-state index in [1.54, 1.807) is 17.0 Å². The molecule has 0 spiro atoms. The van der Waals surface area contributed by atoms with Gasteiger partial charge in [-0.05, 0) is 43.2 Å². The second kappa shape index (κ2) is 8.37. The van der Waals surface area contributed by atoms with Crippen LogP contribution >= 0.6 is 0 Å². The molecule has 1 aromatic heterocycles. The Balaban J connectivity index is 1.43. The summed E-state index contributed by atoms with van der Waals surface area (Å²) in [4.78, 5) is 25.9. The molecule has 9 heteroatoms. The lowest BCUT2D eigenvalue weighted by Gasteiger charge is -2.31. The number of nitrogens with zero attached hydrogens (tertiary/aromatic N) is 1. The molecule has 6 nitrogen and oxygen atoms in total. The first kappa shape index (κ1) is 19.8. The normalized spacial score (nSPS) is 15.3. The van der Waals surface area contributed by atoms with Crippen molar-refractivity contribution < 1.29 is 31.9 Å². The molecule has 1 aliphatic rings. The largest absolute Gasteiger partial charge is 0.484 e. The maximum absolute atomic E-state index is 12.7. The fourth-order valence-corrected chi connectivity index (χ4v) is 2.96. The number of furan rings is 1. The predicted octanol–water partition coefficient (Wildman–Crippen LogP) is 3.10. The van der Waals surface area contributed by atoms with Crippen LogP contribution in [0.25, 0.3) is 0 Å². The Bertz CT molecular complexity index is 813. The first-order chi connectivity index (χ1) is 13.3. The van der Waals surface area contributed by atoms with Crippen molar-refractivity contribution in [2.24, 2.45) is 0 Å². The summed E-state index contributed by atoms with van der Waals surface area (Å²) in [7, 11) is 0. The summed E-state index contributed by atoms with van der Waals surface area (Å²) in [5, 5.41) is 2.78. The molecule has 1 N–H and O–H groups in total. The van der Waals surface area contributed by atoms with Gasteiger partial charge in [-0.1, -0.05) is 6.07 Å². The number of piperidine rings is 1. The molecule has 28 heavy (non-hydrogen) atoms. The number of alkyl halides is 3. The molecule has 2 aromatic rings. The number of nitrogens with one attached hydrogen (secondary N) is 1. The standard InChI is InChI=1S/C19H19F3N2O4/c20-19(21,22)13-3-1-4-15(11-13)28-12-17(25)23-14-6-8-24(9-7-14)18(26)16-5-2-10-27-16/h1-5,10-11,14H,6-9,12H2,(H,23,25). The van der Waals surface area contributed by atoms with Crippen LogP contribution in [0.1, 0.15) is 29.0 Å². The minimum absolute atomic E-state index is 0.0242. The van der Waals surface area contributed by atoms with E-state index in [0.29, 0.717) is 25.9 Å². The van der Waals surface area contributed by atoms with Crippen LogP contribution in [0.5, 0.6) is 5.75 Å². The average Bonchev–Trinajstić information content (AvgIpc) is 3.21. The third-order valence-electron chi connectivity index (χ3n) is 4.41. The van der Waals surface area contributed by atoms with Gasteiger partial charge in [0.2, 0.25) is 0 Å². The van der Waals surface area contributed by atoms with Crippen LogP contribution in [0.4, 0.5) is 13.2 Å². The molecular weight excluding hydrogens is 377 g/mol. The summed E-state index contributed by atoms with van der Waals surface area (Å²) in [5.74, 6) is -0.364. The number of likely N-dealkylation sites (tertiary alicyclic amines) is 1. The van der Waals surface area contributed by atoms with Crippen LogP contribution in [0.2, 0.25) is 0 Å². The highest BCUT2D eigenvalue weighted by Crippen LogP contribution is 2.31. The van der Waals surface area contributed by atoms with E-state index >= 15 is 0 Å². The van der Waals surface area contributed by atoms with Gasteiger partial charge >= 0.3 is 6.18 Å². The monoisotopic (exact) mass is 396 g/mol. The molecule has 0 saturated carbocycles. The molecule has 1 aliphatic heterocycles. The highest BCUT2D eigenvalue weighted by atomic mass is 19.4. The van der Waals surface area contributed by atoms with Gasteiger partial charge < -0.3 is 19.4 Å². The van der Waals surface area contributed by atoms with Crippen molar-refractivity contribution in [2.45, 2.75) is 25.1 Å². The van der Waals surface area contributed by atoms with Gasteiger partial charge in [0.05, 0.1) is 11.8 Å². The molecule has 1 fully saturated rings. The molecule has 1 saturated heterocycles. The Kier molecular flexibility index (Phi) is 5.91. The fourth-order valence-electron chi connectivity index (χ4n) is 2.96. The molecule has 2 amide bonds. The van der Waals surface area contributed by atoms with Crippen molar-refractivity contribution in [3.63, 3.8) is 0 Å². The number of hydrogen-bond acceptors (Lipinski definition) is 4. The van der Waals surface area contributed by atoms with E-state index in [9.17, 15) is 22.8 Å². The molecule has 150 valence electrons. The Morgan fingerprint density at radius 2 is 1.93 bits per heavy atom. The van der Waals surface area contributed by atoms with Crippen LogP contribution in [0, 0.1) is 0 Å². The zero-order chi connectivity index (χ0) is 20.1. The Hall–Kier alpha value is -2.97. The number of halogens is 3. The molecule has 0 unspecified atom stereocenters. The van der Waals surface area contributed by atoms with Gasteiger partial charge in [0.25, 0.3) is 11.8 Å². The van der Waals surface area contributed by atoms with Crippen LogP contribution in [0.15, 0.2) is 47.1 Å². The van der Waals surface area contributed by atoms with E-state index in [0.717, 1.165) is 12.1 Å². The van der Waals surface area contributed by atoms with E-state index in [-0.39, 0.29) is 30.1 Å². The third-order valence-corrected chi connectivity index (χ3v) is 4.41. The lowest BCUT2D eigenvalue weighted by Crippen LogP contribution is -2.47. The summed E-state index contributed by atoms with van der Waals surface area (Å²) in [5.41, 5.74) is -0.834. The van der Waals surface area contributed by atoms with Gasteiger partial charge in [0.1, 0.15) is 5.75 Å². The maximum atomic E-state index is 12.7. The highest BCUT2D eigenvalue weighted by Gasteiger charge is 2.30. The van der Waals surface area contributed by atoms with Crippen molar-refractivity contribution in [2.75, 3.05) is 19.7 Å². The summed E-state index contributed by atoms with van der Waals surface area (Å²) in [6.07, 6.45) is -1.89. The smallest absolute Gasteiger partial charge is 0.416 e. The Labute approximate surface area is 159 Å². The van der Waals surface area contributed by atoms with Gasteiger partial charge in [-0.15, -0.1) is 0 Å². The molecule has 2 heterocycles. The lowest BCUT2D eigenvalue weighted by molar-refractivity contribution is -0.137. The first-order valence-electron chi connectivity index (χ1n) is 8.75. The second-order valence-electron chi connectivity index (χ2n) is 6.43. The number of rotatable bonds is 5. The zero-order valence-electron chi connectivity index (χ0n) is 14.9. The number of benzene rings is 1. The van der Waals surface area contributed by atoms with Crippen LogP contribution in [0.3, 0.4) is 0 Å². The third kappa shape index (κ3) is 5.05. The topological polar surface area (TPSA) is 71.8 Å². The van der Waals surface area contributed by atoms with E-state index in [2.05, 4.69) is 5.32 Å². The molecule has 3 rings (SSSR count). The van der Waals surface area contributed by atoms with Crippen LogP contribution in [-0.4, -0.2) is 42.5 Å². The van der Waals surface area contributed by atoms with Crippen molar-refractivity contribution >= 4 is 11.8 Å². The average molecular weight is 396 g/mol. The van der Waals surface area contributed by atoms with E-state index < -0.39 is 17.6 Å². The summed E-state index contributed by atoms with van der Waals surface area (Å²) in [6.45, 7) is 0.560. The number of hydrogen-bond donors (Lipinski definition) is 1. The second-order valence-corrected chi connectivity index (χ2v) is 6.43. The SMILES string of the molecule is O=C(COc1cccc(C(F)(F)F)c1)NC1CCN(C(=O)c2ccco2)CC1. The molecule has 0 aliphatic carbocycles. The molecular formula is C19H19F3N2O4. The quantitative estimate of drug-likeness (QED) is 0.843. The van der Waals surface area contributed by atoms with Gasteiger partial charge in [-0.25, -0.2) is 0 Å². The lowest BCUT2D eigenvalue weighted by atomic mass is 10.0. The van der Waals surface area contributed by atoms with Crippen LogP contribution < -0.4 is 10.1 Å².